The van der Waals surface area contributed by atoms with Crippen LogP contribution in [0.2, 0.25) is 0 Å². The third-order valence-electron chi connectivity index (χ3n) is 15.2. The van der Waals surface area contributed by atoms with Gasteiger partial charge < -0.3 is 28.5 Å². The van der Waals surface area contributed by atoms with Crippen LogP contribution in [0.1, 0.15) is 271 Å². The molecule has 0 radical (unpaired) electrons. The molecule has 0 saturated heterocycles. The lowest BCUT2D eigenvalue weighted by Gasteiger charge is -2.25. The fourth-order valence-corrected chi connectivity index (χ4v) is 9.61. The van der Waals surface area contributed by atoms with Gasteiger partial charge in [0.1, 0.15) is 13.2 Å². The molecule has 0 amide bonds. The van der Waals surface area contributed by atoms with E-state index in [-0.39, 0.29) is 38.6 Å². The number of hydrogen-bond donors (Lipinski definition) is 1. The van der Waals surface area contributed by atoms with Crippen LogP contribution in [0.5, 0.6) is 0 Å². The first-order valence-corrected chi connectivity index (χ1v) is 36.9. The Morgan fingerprint density at radius 3 is 0.892 bits per heavy atom. The van der Waals surface area contributed by atoms with Gasteiger partial charge in [0.25, 0.3) is 6.29 Å². The third-order valence-corrected chi connectivity index (χ3v) is 15.2. The highest BCUT2D eigenvalue weighted by atomic mass is 16.7. The lowest BCUT2D eigenvalue weighted by Crippen LogP contribution is -2.40. The summed E-state index contributed by atoms with van der Waals surface area (Å²) in [4.78, 5) is 37.6. The van der Waals surface area contributed by atoms with Gasteiger partial charge in [-0.3, -0.25) is 9.59 Å². The molecule has 0 spiro atoms. The van der Waals surface area contributed by atoms with Crippen molar-refractivity contribution in [3.8, 4) is 0 Å². The van der Waals surface area contributed by atoms with E-state index in [0.29, 0.717) is 23.9 Å². The standard InChI is InChI=1S/C84H135NO8/c1-6-8-10-12-14-16-18-20-22-24-26-28-30-32-34-36-37-38-39-40-41-42-43-44-45-47-48-50-52-54-56-58-60-62-64-66-68-70-72-74-81(86)91-78-80(79-92-84(83(88)89)90-77-76-85(3,4)5)93-82(87)75-73-71-69-67-65-63-61-59-57-55-53-51-49-46-35-33-31-29-27-25-23-21-19-17-15-13-11-9-7-2/h8-11,14-17,20-23,26-29,32-35,37-38,49,51,55,57,61,63,67,69,80,84H,6-7,12-13,18-19,24-25,30-31,36,39-48,50,52-54,56,58-60,62,64-66,68,70-79H2,1-5H3/p+1/b10-8-,11-9-,16-14-,17-15-,22-20-,23-21-,28-26-,29-27-,34-32-,35-33-,38-37-,51-49-,57-55-,63-61-,69-67-. The maximum absolute atomic E-state index is 12.9. The molecule has 0 aliphatic rings. The number of ether oxygens (including phenoxy) is 4. The van der Waals surface area contributed by atoms with Crippen molar-refractivity contribution < 1.29 is 42.9 Å². The molecule has 0 fully saturated rings. The first-order chi connectivity index (χ1) is 45.6. The molecular formula is C84H136NO8+. The van der Waals surface area contributed by atoms with Gasteiger partial charge >= 0.3 is 17.9 Å². The molecule has 9 nitrogen and oxygen atoms in total. The Morgan fingerprint density at radius 2 is 0.591 bits per heavy atom. The van der Waals surface area contributed by atoms with Crippen LogP contribution in [-0.2, 0) is 33.3 Å². The number of carbonyl (C=O) groups is 3. The molecule has 2 atom stereocenters. The van der Waals surface area contributed by atoms with Gasteiger partial charge in [0.05, 0.1) is 34.4 Å². The van der Waals surface area contributed by atoms with Crippen molar-refractivity contribution >= 4 is 17.9 Å². The summed E-state index contributed by atoms with van der Waals surface area (Å²) < 4.78 is 22.9. The van der Waals surface area contributed by atoms with Crippen molar-refractivity contribution in [1.29, 1.82) is 0 Å². The quantitative estimate of drug-likeness (QED) is 0.0211. The van der Waals surface area contributed by atoms with E-state index in [1.807, 2.05) is 21.1 Å². The van der Waals surface area contributed by atoms with Gasteiger partial charge in [0, 0.05) is 12.8 Å². The number of carbonyl (C=O) groups excluding carboxylic acids is 2. The van der Waals surface area contributed by atoms with Crippen LogP contribution in [0.25, 0.3) is 0 Å². The molecule has 0 aliphatic carbocycles. The summed E-state index contributed by atoms with van der Waals surface area (Å²) in [5.74, 6) is -2.10. The number of likely N-dealkylation sites (N-methyl/N-ethyl adjacent to an activating group) is 1. The fraction of sp³-hybridized carbons (Fsp3) is 0.607. The SMILES string of the molecule is CC/C=C\C/C=C\C/C=C\C/C=C\C/C=C\C/C=C\C/C=C\C/C=C\C/C=C\CCCC(=O)OC(COC(=O)CCCCCCCCCCCCCCCCCCCCCC/C=C\C/C=C\C/C=C\C/C=C\C/C=C\C/C=C\CC)COC(OCC[N+](C)(C)C)C(=O)O. The molecule has 0 aromatic heterocycles. The van der Waals surface area contributed by atoms with Gasteiger partial charge in [-0.2, -0.15) is 0 Å². The summed E-state index contributed by atoms with van der Waals surface area (Å²) in [6, 6.07) is 0. The van der Waals surface area contributed by atoms with Crippen LogP contribution in [0, 0.1) is 0 Å². The van der Waals surface area contributed by atoms with Gasteiger partial charge in [-0.05, 0) is 128 Å². The van der Waals surface area contributed by atoms with Crippen molar-refractivity contribution in [3.05, 3.63) is 182 Å². The normalized spacial score (nSPS) is 13.8. The molecule has 0 rings (SSSR count). The van der Waals surface area contributed by atoms with Gasteiger partial charge in [0.2, 0.25) is 0 Å². The second-order valence-electron chi connectivity index (χ2n) is 25.1. The van der Waals surface area contributed by atoms with Crippen LogP contribution in [0.15, 0.2) is 182 Å². The molecular weight excluding hydrogens is 1150 g/mol. The minimum Gasteiger partial charge on any atom is -0.477 e. The van der Waals surface area contributed by atoms with E-state index in [0.717, 1.165) is 116 Å². The molecule has 0 heterocycles. The largest absolute Gasteiger partial charge is 0.477 e. The second kappa shape index (κ2) is 72.2. The molecule has 0 aliphatic heterocycles. The van der Waals surface area contributed by atoms with Crippen molar-refractivity contribution in [2.24, 2.45) is 0 Å². The van der Waals surface area contributed by atoms with Crippen LogP contribution >= 0.6 is 0 Å². The molecule has 93 heavy (non-hydrogen) atoms. The zero-order valence-corrected chi connectivity index (χ0v) is 59.8. The Balaban J connectivity index is 4.16. The van der Waals surface area contributed by atoms with Gasteiger partial charge in [-0.25, -0.2) is 4.79 Å². The summed E-state index contributed by atoms with van der Waals surface area (Å²) in [5.41, 5.74) is 0. The average molecular weight is 1290 g/mol. The summed E-state index contributed by atoms with van der Waals surface area (Å²) in [5, 5.41) is 9.75. The third kappa shape index (κ3) is 73.7. The van der Waals surface area contributed by atoms with Gasteiger partial charge in [0.15, 0.2) is 6.10 Å². The maximum atomic E-state index is 12.9. The van der Waals surface area contributed by atoms with Crippen LogP contribution < -0.4 is 0 Å². The summed E-state index contributed by atoms with van der Waals surface area (Å²) in [6.07, 6.45) is 107. The average Bonchev–Trinajstić information content (AvgIpc) is 3.74. The Hall–Kier alpha value is -5.61. The number of quaternary nitrogens is 1. The number of carboxylic acids is 1. The number of unbranched alkanes of at least 4 members (excludes halogenated alkanes) is 21. The highest BCUT2D eigenvalue weighted by Crippen LogP contribution is 2.17. The fourth-order valence-electron chi connectivity index (χ4n) is 9.61. The van der Waals surface area contributed by atoms with E-state index in [1.165, 1.54) is 116 Å². The van der Waals surface area contributed by atoms with Crippen molar-refractivity contribution in [1.82, 2.24) is 0 Å². The lowest BCUT2D eigenvalue weighted by atomic mass is 10.0. The highest BCUT2D eigenvalue weighted by Gasteiger charge is 2.25. The molecule has 524 valence electrons. The monoisotopic (exact) mass is 1290 g/mol. The number of carboxylic acid groups (broad SMARTS) is 1. The van der Waals surface area contributed by atoms with Crippen molar-refractivity contribution in [2.45, 2.75) is 283 Å². The molecule has 0 bridgehead atoms. The van der Waals surface area contributed by atoms with E-state index in [1.54, 1.807) is 0 Å². The number of rotatable bonds is 66. The smallest absolute Gasteiger partial charge is 0.361 e. The molecule has 2 unspecified atom stereocenters. The molecule has 0 saturated carbocycles. The van der Waals surface area contributed by atoms with Crippen molar-refractivity contribution in [3.63, 3.8) is 0 Å². The summed E-state index contributed by atoms with van der Waals surface area (Å²) >= 11 is 0. The Labute approximate surface area is 570 Å². The van der Waals surface area contributed by atoms with Gasteiger partial charge in [-0.15, -0.1) is 0 Å². The van der Waals surface area contributed by atoms with E-state index in [4.69, 9.17) is 18.9 Å². The van der Waals surface area contributed by atoms with E-state index in [2.05, 4.69) is 196 Å². The highest BCUT2D eigenvalue weighted by molar-refractivity contribution is 5.71. The summed E-state index contributed by atoms with van der Waals surface area (Å²) in [7, 11) is 5.95. The number of esters is 2. The summed E-state index contributed by atoms with van der Waals surface area (Å²) in [6.45, 7) is 4.58. The molecule has 0 aromatic carbocycles. The predicted octanol–water partition coefficient (Wildman–Crippen LogP) is 23.6. The van der Waals surface area contributed by atoms with Crippen LogP contribution in [0.4, 0.5) is 0 Å². The molecule has 1 N–H and O–H groups in total. The molecule has 9 heteroatoms. The number of allylic oxidation sites excluding steroid dienone is 30. The van der Waals surface area contributed by atoms with E-state index < -0.39 is 24.3 Å². The first-order valence-electron chi connectivity index (χ1n) is 36.9. The van der Waals surface area contributed by atoms with Gasteiger partial charge in [-0.1, -0.05) is 312 Å². The van der Waals surface area contributed by atoms with Crippen LogP contribution in [0.3, 0.4) is 0 Å². The lowest BCUT2D eigenvalue weighted by molar-refractivity contribution is -0.870. The minimum atomic E-state index is -1.54. The number of hydrogen-bond acceptors (Lipinski definition) is 7. The van der Waals surface area contributed by atoms with E-state index in [9.17, 15) is 19.5 Å². The zero-order chi connectivity index (χ0) is 67.5. The second-order valence-corrected chi connectivity index (χ2v) is 25.1. The Morgan fingerprint density at radius 1 is 0.323 bits per heavy atom. The topological polar surface area (TPSA) is 108 Å². The number of aliphatic carboxylic acids is 1. The van der Waals surface area contributed by atoms with Crippen molar-refractivity contribution in [2.75, 3.05) is 47.5 Å². The first kappa shape index (κ1) is 87.4. The Bertz CT molecular complexity index is 2190. The maximum Gasteiger partial charge on any atom is 0.361 e. The predicted molar refractivity (Wildman–Crippen MR) is 400 cm³/mol. The Kier molecular flexibility index (Phi) is 67.9. The zero-order valence-electron chi connectivity index (χ0n) is 59.8. The van der Waals surface area contributed by atoms with E-state index >= 15 is 0 Å². The molecule has 0 aromatic rings. The van der Waals surface area contributed by atoms with Crippen LogP contribution in [-0.4, -0.2) is 87.4 Å². The number of nitrogens with zero attached hydrogens (tertiary/aromatic N) is 1. The minimum absolute atomic E-state index is 0.168.